The first-order valence-electron chi connectivity index (χ1n) is 23.1. The summed E-state index contributed by atoms with van der Waals surface area (Å²) in [5.41, 5.74) is -0.684. The number of methoxy groups -OCH3 is 2. The third kappa shape index (κ3) is 19.0. The maximum atomic E-state index is 12.1. The molecular weight excluding hydrogens is 935 g/mol. The summed E-state index contributed by atoms with van der Waals surface area (Å²) < 4.78 is 74.2. The van der Waals surface area contributed by atoms with E-state index in [0.717, 1.165) is 39.5 Å². The molecule has 0 aromatic heterocycles. The third-order valence-electron chi connectivity index (χ3n) is 11.8. The second-order valence-electron chi connectivity index (χ2n) is 17.0. The largest absolute Gasteiger partial charge is 0.748 e. The summed E-state index contributed by atoms with van der Waals surface area (Å²) in [7, 11) is -1.00. The Kier molecular flexibility index (Phi) is 24.6. The highest BCUT2D eigenvalue weighted by atomic mass is 32.2. The molecule has 3 aromatic rings. The fourth-order valence-electron chi connectivity index (χ4n) is 8.04. The summed E-state index contributed by atoms with van der Waals surface area (Å²) in [5.74, 6) is -3.76. The van der Waals surface area contributed by atoms with Gasteiger partial charge in [0.2, 0.25) is 0 Å². The highest BCUT2D eigenvalue weighted by molar-refractivity contribution is 7.97. The Hall–Kier alpha value is -4.44. The van der Waals surface area contributed by atoms with Crippen molar-refractivity contribution >= 4 is 44.9 Å². The van der Waals surface area contributed by atoms with Gasteiger partial charge in [0, 0.05) is 44.8 Å². The van der Waals surface area contributed by atoms with E-state index in [1.54, 1.807) is 21.0 Å². The van der Waals surface area contributed by atoms with E-state index >= 15 is 0 Å². The molecule has 2 saturated carbocycles. The topological polar surface area (TPSA) is 212 Å². The van der Waals surface area contributed by atoms with Crippen molar-refractivity contribution in [1.82, 2.24) is 4.90 Å². The number of fused-ring (bicyclic) bond motifs is 1. The lowest BCUT2D eigenvalue weighted by molar-refractivity contribution is -0.174. The molecule has 7 rings (SSSR count). The monoisotopic (exact) mass is 1000 g/mol. The van der Waals surface area contributed by atoms with Crippen molar-refractivity contribution in [1.29, 1.82) is 0 Å². The SMILES string of the molecule is CCC(C)(C)C(=O)OCC(=O)OC1C2CC3C1OC(=O)C3C2C(=O)OC.COCCOCCOCCOCCN1CCOCC1.CS(=O)(=O)[O-].c1ccc([S+](c2ccccc2)c2ccccc2)cc1. The molecule has 0 spiro atoms. The molecule has 69 heavy (non-hydrogen) atoms. The van der Waals surface area contributed by atoms with E-state index < -0.39 is 70.1 Å². The second kappa shape index (κ2) is 29.7. The van der Waals surface area contributed by atoms with Crippen LogP contribution in [0.1, 0.15) is 33.6 Å². The van der Waals surface area contributed by atoms with Gasteiger partial charge in [-0.1, -0.05) is 61.5 Å². The van der Waals surface area contributed by atoms with Gasteiger partial charge in [-0.05, 0) is 63.1 Å². The molecule has 2 aliphatic heterocycles. The lowest BCUT2D eigenvalue weighted by atomic mass is 9.78. The minimum Gasteiger partial charge on any atom is -0.748 e. The summed E-state index contributed by atoms with van der Waals surface area (Å²) in [6.45, 7) is 14.0. The third-order valence-corrected chi connectivity index (χ3v) is 14.0. The van der Waals surface area contributed by atoms with Crippen molar-refractivity contribution in [2.24, 2.45) is 29.1 Å². The molecule has 2 bridgehead atoms. The van der Waals surface area contributed by atoms with Crippen LogP contribution in [0, 0.1) is 29.1 Å². The average Bonchev–Trinajstić information content (AvgIpc) is 3.98. The van der Waals surface area contributed by atoms with Crippen LogP contribution in [0.2, 0.25) is 0 Å². The summed E-state index contributed by atoms with van der Waals surface area (Å²) in [6, 6.07) is 32.2. The Labute approximate surface area is 409 Å². The van der Waals surface area contributed by atoms with Gasteiger partial charge < -0.3 is 47.2 Å². The molecule has 2 heterocycles. The van der Waals surface area contributed by atoms with Crippen LogP contribution in [0.5, 0.6) is 0 Å². The van der Waals surface area contributed by atoms with Gasteiger partial charge in [-0.15, -0.1) is 0 Å². The first kappa shape index (κ1) is 57.1. The predicted molar refractivity (Wildman–Crippen MR) is 254 cm³/mol. The molecule has 0 radical (unpaired) electrons. The standard InChI is InChI=1S/C18H24O8.C18H15S.C13H27NO5.CH4O3S/c1-5-18(2,3)17(22)24-7-10(19)25-13-8-6-9-12(11(8)15(20)23-4)16(21)26-14(9)13;1-4-10-16(11-5-1)19(17-12-6-2-7-13-17)18-14-8-3-9-15-18;1-15-8-9-18-12-13-19-11-10-17-7-4-14-2-5-16-6-3-14;1-5(2,3)4/h8-9,11-14H,5-7H2,1-4H3;1-15H;2-13H2,1H3;1H3,(H,2,3,4)/q;+1;;/p-1. The van der Waals surface area contributed by atoms with Gasteiger partial charge in [-0.3, -0.25) is 19.3 Å². The van der Waals surface area contributed by atoms with Crippen molar-refractivity contribution in [3.05, 3.63) is 91.0 Å². The lowest BCUT2D eigenvalue weighted by Gasteiger charge is -2.30. The number of rotatable bonds is 21. The smallest absolute Gasteiger partial charge is 0.344 e. The quantitative estimate of drug-likeness (QED) is 0.0460. The number of hydrogen-bond donors (Lipinski definition) is 0. The Morgan fingerprint density at radius 1 is 0.768 bits per heavy atom. The first-order chi connectivity index (χ1) is 33.1. The van der Waals surface area contributed by atoms with Gasteiger partial charge in [-0.2, -0.15) is 0 Å². The maximum absolute atomic E-state index is 12.1. The van der Waals surface area contributed by atoms with E-state index in [1.807, 2.05) is 6.92 Å². The molecular formula is C50H69NO16S2. The van der Waals surface area contributed by atoms with Crippen molar-refractivity contribution in [3.8, 4) is 0 Å². The fraction of sp³-hybridized carbons (Fsp3) is 0.560. The number of nitrogens with zero attached hydrogens (tertiary/aromatic N) is 1. The summed E-state index contributed by atoms with van der Waals surface area (Å²) in [6.07, 6.45) is 0.504. The van der Waals surface area contributed by atoms with Crippen LogP contribution >= 0.6 is 0 Å². The number of ether oxygens (including phenoxy) is 9. The zero-order valence-electron chi connectivity index (χ0n) is 40.5. The molecule has 382 valence electrons. The van der Waals surface area contributed by atoms with E-state index in [4.69, 9.17) is 55.6 Å². The molecule has 19 heteroatoms. The van der Waals surface area contributed by atoms with Gasteiger partial charge in [0.05, 0.1) is 105 Å². The lowest BCUT2D eigenvalue weighted by Crippen LogP contribution is -2.44. The van der Waals surface area contributed by atoms with Gasteiger partial charge in [0.25, 0.3) is 0 Å². The maximum Gasteiger partial charge on any atom is 0.344 e. The molecule has 6 unspecified atom stereocenters. The highest BCUT2D eigenvalue weighted by Gasteiger charge is 2.70. The first-order valence-corrected chi connectivity index (χ1v) is 26.1. The average molecular weight is 1000 g/mol. The van der Waals surface area contributed by atoms with Crippen LogP contribution in [0.25, 0.3) is 0 Å². The van der Waals surface area contributed by atoms with Crippen LogP contribution in [0.15, 0.2) is 106 Å². The predicted octanol–water partition coefficient (Wildman–Crippen LogP) is 4.82. The van der Waals surface area contributed by atoms with Crippen LogP contribution in [0.3, 0.4) is 0 Å². The van der Waals surface area contributed by atoms with E-state index in [-0.39, 0.29) is 22.7 Å². The van der Waals surface area contributed by atoms with E-state index in [0.29, 0.717) is 58.7 Å². The number of esters is 4. The molecule has 0 N–H and O–H groups in total. The van der Waals surface area contributed by atoms with Crippen LogP contribution in [-0.2, 0) is 82.8 Å². The Morgan fingerprint density at radius 2 is 1.25 bits per heavy atom. The summed E-state index contributed by atoms with van der Waals surface area (Å²) in [4.78, 5) is 54.7. The highest BCUT2D eigenvalue weighted by Crippen LogP contribution is 2.59. The molecule has 4 fully saturated rings. The van der Waals surface area contributed by atoms with Gasteiger partial charge >= 0.3 is 23.9 Å². The summed E-state index contributed by atoms with van der Waals surface area (Å²) in [5, 5.41) is 0. The van der Waals surface area contributed by atoms with Crippen molar-refractivity contribution in [3.63, 3.8) is 0 Å². The van der Waals surface area contributed by atoms with Gasteiger partial charge in [0.15, 0.2) is 21.3 Å². The number of hydrogen-bond acceptors (Lipinski definition) is 17. The van der Waals surface area contributed by atoms with E-state index in [1.165, 1.54) is 21.8 Å². The number of benzene rings is 3. The number of carbonyl (C=O) groups is 4. The molecule has 2 aliphatic carbocycles. The molecule has 4 aliphatic rings. The van der Waals surface area contributed by atoms with Crippen LogP contribution < -0.4 is 0 Å². The van der Waals surface area contributed by atoms with Crippen molar-refractivity contribution < 1.29 is 74.8 Å². The zero-order valence-corrected chi connectivity index (χ0v) is 42.2. The minimum atomic E-state index is -3.92. The molecule has 0 amide bonds. The van der Waals surface area contributed by atoms with Crippen LogP contribution in [-0.4, -0.2) is 160 Å². The Morgan fingerprint density at radius 3 is 1.71 bits per heavy atom. The molecule has 17 nitrogen and oxygen atoms in total. The van der Waals surface area contributed by atoms with Gasteiger partial charge in [0.1, 0.15) is 12.2 Å². The number of morpholine rings is 1. The second-order valence-corrected chi connectivity index (χ2v) is 20.5. The normalized spacial score (nSPS) is 21.4. The summed E-state index contributed by atoms with van der Waals surface area (Å²) >= 11 is 0. The molecule has 2 saturated heterocycles. The molecule has 3 aromatic carbocycles. The van der Waals surface area contributed by atoms with Crippen LogP contribution in [0.4, 0.5) is 0 Å². The van der Waals surface area contributed by atoms with Crippen molar-refractivity contribution in [2.75, 3.05) is 106 Å². The van der Waals surface area contributed by atoms with Crippen molar-refractivity contribution in [2.45, 2.75) is 60.5 Å². The minimum absolute atomic E-state index is 0.0146. The van der Waals surface area contributed by atoms with E-state index in [9.17, 15) is 19.2 Å². The zero-order chi connectivity index (χ0) is 50.2. The van der Waals surface area contributed by atoms with Gasteiger partial charge in [-0.25, -0.2) is 13.2 Å². The van der Waals surface area contributed by atoms with E-state index in [2.05, 4.69) is 95.9 Å². The Bertz CT molecular complexity index is 1990. The fourth-order valence-corrected chi connectivity index (χ4v) is 10.1. The number of carbonyl (C=O) groups excluding carboxylic acids is 4. The molecule has 6 atom stereocenters. The Balaban J connectivity index is 0.000000218.